The number of hydrogen-bond acceptors (Lipinski definition) is 5. The van der Waals surface area contributed by atoms with Crippen LogP contribution in [0.4, 0.5) is 4.39 Å². The van der Waals surface area contributed by atoms with Crippen molar-refractivity contribution in [3.8, 4) is 5.88 Å². The van der Waals surface area contributed by atoms with Crippen LogP contribution < -0.4 is 14.8 Å². The number of aromatic nitrogens is 1. The van der Waals surface area contributed by atoms with Crippen molar-refractivity contribution in [3.63, 3.8) is 0 Å². The predicted octanol–water partition coefficient (Wildman–Crippen LogP) is 2.39. The van der Waals surface area contributed by atoms with Gasteiger partial charge in [-0.15, -0.1) is 0 Å². The first kappa shape index (κ1) is 20.3. The zero-order valence-electron chi connectivity index (χ0n) is 15.1. The van der Waals surface area contributed by atoms with Crippen LogP contribution in [0.1, 0.15) is 31.0 Å². The monoisotopic (exact) mass is 381 g/mol. The molecule has 2 atom stereocenters. The molecule has 6 nitrogen and oxygen atoms in total. The van der Waals surface area contributed by atoms with Crippen molar-refractivity contribution in [2.45, 2.75) is 32.5 Å². The van der Waals surface area contributed by atoms with E-state index in [1.54, 1.807) is 6.92 Å². The number of halogens is 1. The van der Waals surface area contributed by atoms with Crippen LogP contribution in [0.5, 0.6) is 5.88 Å². The summed E-state index contributed by atoms with van der Waals surface area (Å²) in [6.45, 7) is 4.96. The van der Waals surface area contributed by atoms with Gasteiger partial charge in [0.2, 0.25) is 15.9 Å². The highest BCUT2D eigenvalue weighted by atomic mass is 32.2. The number of nitrogens with one attached hydrogen (secondary N) is 2. The van der Waals surface area contributed by atoms with E-state index in [1.165, 1.54) is 12.1 Å². The number of sulfonamides is 1. The first-order chi connectivity index (χ1) is 12.2. The molecule has 1 aromatic carbocycles. The number of benzene rings is 1. The summed E-state index contributed by atoms with van der Waals surface area (Å²) in [7, 11) is -3.24. The third-order valence-corrected chi connectivity index (χ3v) is 4.44. The fourth-order valence-corrected chi connectivity index (χ4v) is 3.19. The summed E-state index contributed by atoms with van der Waals surface area (Å²) >= 11 is 0. The van der Waals surface area contributed by atoms with Crippen molar-refractivity contribution in [3.05, 3.63) is 59.5 Å². The Morgan fingerprint density at radius 3 is 2.42 bits per heavy atom. The van der Waals surface area contributed by atoms with E-state index in [0.717, 1.165) is 23.6 Å². The van der Waals surface area contributed by atoms with E-state index in [2.05, 4.69) is 15.0 Å². The Balaban J connectivity index is 1.77. The number of nitrogens with zero attached hydrogens (tertiary/aromatic N) is 1. The predicted molar refractivity (Wildman–Crippen MR) is 98.8 cm³/mol. The van der Waals surface area contributed by atoms with Gasteiger partial charge < -0.3 is 10.1 Å². The molecular formula is C18H24FN3O3S. The van der Waals surface area contributed by atoms with Crippen LogP contribution in [0.25, 0.3) is 0 Å². The van der Waals surface area contributed by atoms with Gasteiger partial charge in [-0.05, 0) is 31.0 Å². The molecule has 1 heterocycles. The quantitative estimate of drug-likeness (QED) is 0.697. The molecule has 0 saturated carbocycles. The SMILES string of the molecule is C[C@H](CNCc1ccc([C@@H](C)NS(C)(=O)=O)cc1)Oc1ccc(F)cn1. The molecule has 0 aliphatic carbocycles. The van der Waals surface area contributed by atoms with Gasteiger partial charge in [-0.2, -0.15) is 0 Å². The second kappa shape index (κ2) is 9.07. The van der Waals surface area contributed by atoms with Gasteiger partial charge >= 0.3 is 0 Å². The molecule has 0 radical (unpaired) electrons. The fraction of sp³-hybridized carbons (Fsp3) is 0.389. The highest BCUT2D eigenvalue weighted by Crippen LogP contribution is 2.14. The van der Waals surface area contributed by atoms with Crippen molar-refractivity contribution >= 4 is 10.0 Å². The van der Waals surface area contributed by atoms with Gasteiger partial charge in [0.25, 0.3) is 0 Å². The maximum absolute atomic E-state index is 12.8. The van der Waals surface area contributed by atoms with Gasteiger partial charge in [-0.1, -0.05) is 24.3 Å². The van der Waals surface area contributed by atoms with Gasteiger partial charge in [-0.25, -0.2) is 22.5 Å². The summed E-state index contributed by atoms with van der Waals surface area (Å²) in [5.41, 5.74) is 1.98. The number of hydrogen-bond donors (Lipinski definition) is 2. The van der Waals surface area contributed by atoms with E-state index in [4.69, 9.17) is 4.74 Å². The molecule has 1 aromatic heterocycles. The van der Waals surface area contributed by atoms with E-state index in [9.17, 15) is 12.8 Å². The van der Waals surface area contributed by atoms with E-state index in [1.807, 2.05) is 31.2 Å². The molecule has 142 valence electrons. The molecular weight excluding hydrogens is 357 g/mol. The lowest BCUT2D eigenvalue weighted by atomic mass is 10.1. The molecule has 26 heavy (non-hydrogen) atoms. The minimum absolute atomic E-state index is 0.119. The van der Waals surface area contributed by atoms with Crippen LogP contribution in [0.2, 0.25) is 0 Å². The zero-order chi connectivity index (χ0) is 19.2. The van der Waals surface area contributed by atoms with E-state index >= 15 is 0 Å². The Bertz CT molecular complexity index is 795. The highest BCUT2D eigenvalue weighted by molar-refractivity contribution is 7.88. The Hall–Kier alpha value is -2.03. The van der Waals surface area contributed by atoms with Crippen LogP contribution in [0, 0.1) is 5.82 Å². The van der Waals surface area contributed by atoms with Crippen LogP contribution in [-0.4, -0.2) is 32.3 Å². The lowest BCUT2D eigenvalue weighted by Crippen LogP contribution is -2.29. The van der Waals surface area contributed by atoms with Crippen LogP contribution in [-0.2, 0) is 16.6 Å². The third-order valence-electron chi connectivity index (χ3n) is 3.65. The van der Waals surface area contributed by atoms with Crippen molar-refractivity contribution in [2.24, 2.45) is 0 Å². The molecule has 0 aliphatic rings. The molecule has 2 aromatic rings. The molecule has 0 unspecified atom stereocenters. The van der Waals surface area contributed by atoms with E-state index in [-0.39, 0.29) is 12.1 Å². The summed E-state index contributed by atoms with van der Waals surface area (Å²) in [5, 5.41) is 3.28. The van der Waals surface area contributed by atoms with Crippen molar-refractivity contribution in [2.75, 3.05) is 12.8 Å². The Labute approximate surface area is 153 Å². The second-order valence-electron chi connectivity index (χ2n) is 6.23. The zero-order valence-corrected chi connectivity index (χ0v) is 15.9. The van der Waals surface area contributed by atoms with E-state index in [0.29, 0.717) is 19.0 Å². The van der Waals surface area contributed by atoms with E-state index < -0.39 is 15.8 Å². The molecule has 0 fully saturated rings. The average Bonchev–Trinajstić information content (AvgIpc) is 2.56. The second-order valence-corrected chi connectivity index (χ2v) is 8.01. The maximum Gasteiger partial charge on any atom is 0.213 e. The molecule has 2 rings (SSSR count). The number of ether oxygens (including phenoxy) is 1. The maximum atomic E-state index is 12.8. The minimum atomic E-state index is -3.24. The molecule has 0 bridgehead atoms. The van der Waals surface area contributed by atoms with Crippen LogP contribution in [0.15, 0.2) is 42.6 Å². The lowest BCUT2D eigenvalue weighted by Gasteiger charge is -2.15. The molecule has 0 aliphatic heterocycles. The Kier molecular flexibility index (Phi) is 7.07. The normalized spacial score (nSPS) is 14.0. The standard InChI is InChI=1S/C18H24FN3O3S/c1-13(25-18-9-8-17(19)12-21-18)10-20-11-15-4-6-16(7-5-15)14(2)22-26(3,23)24/h4-9,12-14,20,22H,10-11H2,1-3H3/t13-,14-/m1/s1. The summed E-state index contributed by atoms with van der Waals surface area (Å²) in [6, 6.07) is 10.2. The number of rotatable bonds is 9. The summed E-state index contributed by atoms with van der Waals surface area (Å²) in [6.07, 6.45) is 2.15. The van der Waals surface area contributed by atoms with Gasteiger partial charge in [0, 0.05) is 25.2 Å². The third kappa shape index (κ3) is 7.07. The first-order valence-electron chi connectivity index (χ1n) is 8.28. The molecule has 0 spiro atoms. The van der Waals surface area contributed by atoms with Crippen molar-refractivity contribution in [1.82, 2.24) is 15.0 Å². The van der Waals surface area contributed by atoms with Gasteiger partial charge in [-0.3, -0.25) is 0 Å². The minimum Gasteiger partial charge on any atom is -0.473 e. The molecule has 0 saturated heterocycles. The summed E-state index contributed by atoms with van der Waals surface area (Å²) in [4.78, 5) is 3.86. The van der Waals surface area contributed by atoms with Crippen LogP contribution in [0.3, 0.4) is 0 Å². The Morgan fingerprint density at radius 1 is 1.15 bits per heavy atom. The smallest absolute Gasteiger partial charge is 0.213 e. The average molecular weight is 381 g/mol. The van der Waals surface area contributed by atoms with Gasteiger partial charge in [0.05, 0.1) is 12.5 Å². The lowest BCUT2D eigenvalue weighted by molar-refractivity contribution is 0.208. The summed E-state index contributed by atoms with van der Waals surface area (Å²) < 4.78 is 43.5. The Morgan fingerprint density at radius 2 is 1.85 bits per heavy atom. The topological polar surface area (TPSA) is 80.3 Å². The van der Waals surface area contributed by atoms with Crippen molar-refractivity contribution in [1.29, 1.82) is 0 Å². The van der Waals surface area contributed by atoms with Gasteiger partial charge in [0.15, 0.2) is 0 Å². The highest BCUT2D eigenvalue weighted by Gasteiger charge is 2.10. The molecule has 8 heteroatoms. The first-order valence-corrected chi connectivity index (χ1v) is 10.2. The summed E-state index contributed by atoms with van der Waals surface area (Å²) in [5.74, 6) is -0.00922. The fourth-order valence-electron chi connectivity index (χ4n) is 2.41. The van der Waals surface area contributed by atoms with Crippen LogP contribution >= 0.6 is 0 Å². The number of pyridine rings is 1. The largest absolute Gasteiger partial charge is 0.473 e. The molecule has 2 N–H and O–H groups in total. The molecule has 0 amide bonds. The van der Waals surface area contributed by atoms with Crippen molar-refractivity contribution < 1.29 is 17.5 Å². The van der Waals surface area contributed by atoms with Gasteiger partial charge in [0.1, 0.15) is 11.9 Å².